The van der Waals surface area contributed by atoms with E-state index in [4.69, 9.17) is 9.47 Å². The highest BCUT2D eigenvalue weighted by Gasteiger charge is 2.20. The molecule has 0 bridgehead atoms. The molecule has 1 radical (unpaired) electrons. The molecule has 5 nitrogen and oxygen atoms in total. The van der Waals surface area contributed by atoms with Gasteiger partial charge in [0.2, 0.25) is 0 Å². The Balaban J connectivity index is 2.04. The summed E-state index contributed by atoms with van der Waals surface area (Å²) in [6, 6.07) is 9.44. The van der Waals surface area contributed by atoms with Gasteiger partial charge in [0.15, 0.2) is 5.75 Å². The third kappa shape index (κ3) is 4.09. The Kier molecular flexibility index (Phi) is 4.35. The number of ether oxygens (including phenoxy) is 2. The van der Waals surface area contributed by atoms with E-state index in [2.05, 4.69) is 16.2 Å². The lowest BCUT2D eigenvalue weighted by atomic mass is 10.0. The van der Waals surface area contributed by atoms with Gasteiger partial charge in [-0.2, -0.15) is 0 Å². The van der Waals surface area contributed by atoms with Crippen molar-refractivity contribution in [3.05, 3.63) is 54.7 Å². The second kappa shape index (κ2) is 6.47. The molecule has 127 valence electrons. The third-order valence-corrected chi connectivity index (χ3v) is 3.26. The second-order valence-electron chi connectivity index (χ2n) is 6.43. The predicted octanol–water partition coefficient (Wildman–Crippen LogP) is 4.55. The van der Waals surface area contributed by atoms with Crippen LogP contribution in [0.1, 0.15) is 20.8 Å². The highest BCUT2D eigenvalue weighted by molar-refractivity contribution is 5.90. The van der Waals surface area contributed by atoms with E-state index >= 15 is 0 Å². The number of hydrogen-bond donors (Lipinski definition) is 0. The monoisotopic (exact) mass is 339 g/mol. The second-order valence-corrected chi connectivity index (χ2v) is 6.43. The Bertz CT molecular complexity index is 918. The van der Waals surface area contributed by atoms with Gasteiger partial charge in [0.05, 0.1) is 0 Å². The third-order valence-electron chi connectivity index (χ3n) is 3.26. The summed E-state index contributed by atoms with van der Waals surface area (Å²) < 4.78 is 23.7. The number of benzene rings is 2. The number of carbonyl (C=O) groups excluding carboxylic acids is 1. The van der Waals surface area contributed by atoms with Gasteiger partial charge in [-0.15, -0.1) is 0 Å². The van der Waals surface area contributed by atoms with Gasteiger partial charge in [-0.25, -0.2) is 19.2 Å². The number of rotatable bonds is 2. The molecule has 6 heteroatoms. The van der Waals surface area contributed by atoms with Crippen molar-refractivity contribution >= 4 is 17.1 Å². The highest BCUT2D eigenvalue weighted by atomic mass is 19.1. The molecule has 0 aliphatic rings. The van der Waals surface area contributed by atoms with Gasteiger partial charge in [-0.3, -0.25) is 0 Å². The van der Waals surface area contributed by atoms with Crippen LogP contribution in [0.2, 0.25) is 0 Å². The van der Waals surface area contributed by atoms with Gasteiger partial charge in [-0.05, 0) is 56.2 Å². The van der Waals surface area contributed by atoms with Crippen LogP contribution in [0.4, 0.5) is 9.18 Å². The standard InChI is InChI=1S/C19H16FN2O3/c1-19(2,3)25-18(23)24-16-9-13(12-4-6-15(20)7-5-12)8-14-10-21-11-22-17(14)16/h4-9,11H,1-3H3. The van der Waals surface area contributed by atoms with E-state index < -0.39 is 11.8 Å². The van der Waals surface area contributed by atoms with Crippen LogP contribution in [0.3, 0.4) is 0 Å². The lowest BCUT2D eigenvalue weighted by Crippen LogP contribution is -2.26. The summed E-state index contributed by atoms with van der Waals surface area (Å²) in [7, 11) is 0. The number of fused-ring (bicyclic) bond motifs is 1. The molecule has 0 aliphatic carbocycles. The normalized spacial score (nSPS) is 11.4. The van der Waals surface area contributed by atoms with Crippen molar-refractivity contribution in [1.82, 2.24) is 9.97 Å². The number of carbonyl (C=O) groups is 1. The average molecular weight is 339 g/mol. The summed E-state index contributed by atoms with van der Waals surface area (Å²) >= 11 is 0. The fraction of sp³-hybridized carbons (Fsp3) is 0.211. The first-order chi connectivity index (χ1) is 11.8. The molecule has 0 spiro atoms. The summed E-state index contributed by atoms with van der Waals surface area (Å²) in [6.07, 6.45) is 3.31. The number of nitrogens with zero attached hydrogens (tertiary/aromatic N) is 2. The minimum atomic E-state index is -0.830. The van der Waals surface area contributed by atoms with Crippen molar-refractivity contribution in [2.75, 3.05) is 0 Å². The largest absolute Gasteiger partial charge is 0.514 e. The zero-order valence-corrected chi connectivity index (χ0v) is 14.0. The maximum absolute atomic E-state index is 13.2. The summed E-state index contributed by atoms with van der Waals surface area (Å²) in [5, 5.41) is 0.572. The topological polar surface area (TPSA) is 61.3 Å². The fourth-order valence-electron chi connectivity index (χ4n) is 2.26. The number of hydrogen-bond acceptors (Lipinski definition) is 5. The SMILES string of the molecule is CC(C)(C)OC(=O)Oc1cc(-c2ccc(F)cc2)cc2[c]ncnc12. The van der Waals surface area contributed by atoms with Crippen LogP contribution in [0.5, 0.6) is 5.75 Å². The molecule has 1 aromatic heterocycles. The van der Waals surface area contributed by atoms with Crippen LogP contribution < -0.4 is 4.74 Å². The number of halogens is 1. The Morgan fingerprint density at radius 1 is 1.12 bits per heavy atom. The van der Waals surface area contributed by atoms with Crippen LogP contribution >= 0.6 is 0 Å². The van der Waals surface area contributed by atoms with Crippen LogP contribution in [-0.2, 0) is 4.74 Å². The summed E-state index contributed by atoms with van der Waals surface area (Å²) in [5.41, 5.74) is 1.24. The number of aromatic nitrogens is 2. The predicted molar refractivity (Wildman–Crippen MR) is 90.6 cm³/mol. The maximum Gasteiger partial charge on any atom is 0.514 e. The Labute approximate surface area is 144 Å². The molecule has 0 saturated carbocycles. The molecule has 0 unspecified atom stereocenters. The van der Waals surface area contributed by atoms with E-state index in [0.717, 1.165) is 11.1 Å². The molecular formula is C19H16FN2O3. The van der Waals surface area contributed by atoms with Gasteiger partial charge >= 0.3 is 6.16 Å². The molecule has 0 atom stereocenters. The minimum Gasteiger partial charge on any atom is -0.428 e. The smallest absolute Gasteiger partial charge is 0.428 e. The summed E-state index contributed by atoms with van der Waals surface area (Å²) in [5.74, 6) is -0.102. The van der Waals surface area contributed by atoms with E-state index in [-0.39, 0.29) is 11.6 Å². The molecule has 0 amide bonds. The van der Waals surface area contributed by atoms with Gasteiger partial charge in [0.25, 0.3) is 0 Å². The minimum absolute atomic E-state index is 0.227. The lowest BCUT2D eigenvalue weighted by molar-refractivity contribution is 0.0209. The highest BCUT2D eigenvalue weighted by Crippen LogP contribution is 2.31. The molecule has 0 fully saturated rings. The molecular weight excluding hydrogens is 323 g/mol. The van der Waals surface area contributed by atoms with Crippen molar-refractivity contribution in [3.8, 4) is 16.9 Å². The van der Waals surface area contributed by atoms with Gasteiger partial charge < -0.3 is 9.47 Å². The summed E-state index contributed by atoms with van der Waals surface area (Å²) in [6.45, 7) is 5.24. The maximum atomic E-state index is 13.2. The Hall–Kier alpha value is -3.02. The van der Waals surface area contributed by atoms with Gasteiger partial charge in [-0.1, -0.05) is 12.1 Å². The van der Waals surface area contributed by atoms with E-state index in [1.165, 1.54) is 18.5 Å². The first kappa shape index (κ1) is 16.8. The zero-order chi connectivity index (χ0) is 18.0. The van der Waals surface area contributed by atoms with Crippen molar-refractivity contribution in [3.63, 3.8) is 0 Å². The molecule has 25 heavy (non-hydrogen) atoms. The van der Waals surface area contributed by atoms with E-state index in [0.29, 0.717) is 10.9 Å². The van der Waals surface area contributed by atoms with Crippen molar-refractivity contribution in [1.29, 1.82) is 0 Å². The zero-order valence-electron chi connectivity index (χ0n) is 14.0. The molecule has 1 heterocycles. The van der Waals surface area contributed by atoms with Crippen molar-refractivity contribution in [2.24, 2.45) is 0 Å². The van der Waals surface area contributed by atoms with Crippen LogP contribution in [0.15, 0.2) is 42.7 Å². The van der Waals surface area contributed by atoms with Crippen molar-refractivity contribution in [2.45, 2.75) is 26.4 Å². The molecule has 0 aliphatic heterocycles. The van der Waals surface area contributed by atoms with E-state index in [1.807, 2.05) is 0 Å². The fourth-order valence-corrected chi connectivity index (χ4v) is 2.26. The van der Waals surface area contributed by atoms with Gasteiger partial charge in [0, 0.05) is 5.39 Å². The molecule has 3 aromatic rings. The van der Waals surface area contributed by atoms with Crippen molar-refractivity contribution < 1.29 is 18.7 Å². The molecule has 0 N–H and O–H groups in total. The average Bonchev–Trinajstić information content (AvgIpc) is 2.53. The summed E-state index contributed by atoms with van der Waals surface area (Å²) in [4.78, 5) is 20.0. The molecule has 0 saturated heterocycles. The van der Waals surface area contributed by atoms with E-state index in [1.54, 1.807) is 45.0 Å². The Morgan fingerprint density at radius 2 is 1.84 bits per heavy atom. The van der Waals surface area contributed by atoms with Crippen LogP contribution in [0, 0.1) is 12.0 Å². The first-order valence-corrected chi connectivity index (χ1v) is 7.65. The Morgan fingerprint density at radius 3 is 2.52 bits per heavy atom. The van der Waals surface area contributed by atoms with Crippen LogP contribution in [0.25, 0.3) is 22.0 Å². The van der Waals surface area contributed by atoms with Gasteiger partial charge in [0.1, 0.15) is 29.5 Å². The first-order valence-electron chi connectivity index (χ1n) is 7.65. The molecule has 3 rings (SSSR count). The lowest BCUT2D eigenvalue weighted by Gasteiger charge is -2.19. The van der Waals surface area contributed by atoms with E-state index in [9.17, 15) is 9.18 Å². The quantitative estimate of drug-likeness (QED) is 0.506. The molecule has 2 aromatic carbocycles. The van der Waals surface area contributed by atoms with Crippen LogP contribution in [-0.4, -0.2) is 21.7 Å².